The summed E-state index contributed by atoms with van der Waals surface area (Å²) >= 11 is 1.77. The number of aryl methyl sites for hydroxylation is 2. The summed E-state index contributed by atoms with van der Waals surface area (Å²) in [5.41, 5.74) is 3.30. The van der Waals surface area contributed by atoms with E-state index in [2.05, 4.69) is 28.7 Å². The van der Waals surface area contributed by atoms with E-state index in [0.717, 1.165) is 30.8 Å². The zero-order valence-electron chi connectivity index (χ0n) is 14.1. The van der Waals surface area contributed by atoms with Crippen molar-refractivity contribution in [3.05, 3.63) is 17.0 Å². The Bertz CT molecular complexity index is 483. The summed E-state index contributed by atoms with van der Waals surface area (Å²) in [6, 6.07) is 0.207. The van der Waals surface area contributed by atoms with Gasteiger partial charge in [0, 0.05) is 29.6 Å². The summed E-state index contributed by atoms with van der Waals surface area (Å²) in [4.78, 5) is 14.7. The lowest BCUT2D eigenvalue weighted by Gasteiger charge is -2.31. The van der Waals surface area contributed by atoms with Crippen molar-refractivity contribution < 1.29 is 4.79 Å². The third-order valence-electron chi connectivity index (χ3n) is 4.48. The Kier molecular flexibility index (Phi) is 6.17. The van der Waals surface area contributed by atoms with E-state index in [9.17, 15) is 4.79 Å². The van der Waals surface area contributed by atoms with Crippen LogP contribution in [0.5, 0.6) is 0 Å². The van der Waals surface area contributed by atoms with Crippen molar-refractivity contribution in [1.82, 2.24) is 20.4 Å². The van der Waals surface area contributed by atoms with Gasteiger partial charge in [0.2, 0.25) is 0 Å². The van der Waals surface area contributed by atoms with Gasteiger partial charge in [-0.15, -0.1) is 0 Å². The van der Waals surface area contributed by atoms with Crippen LogP contribution in [-0.2, 0) is 0 Å². The monoisotopic (exact) mass is 324 g/mol. The number of carbonyl (C=O) groups is 1. The molecule has 0 bridgehead atoms. The lowest BCUT2D eigenvalue weighted by molar-refractivity contribution is 0.175. The molecule has 0 unspecified atom stereocenters. The van der Waals surface area contributed by atoms with Gasteiger partial charge < -0.3 is 10.2 Å². The fourth-order valence-corrected chi connectivity index (χ4v) is 3.37. The Morgan fingerprint density at radius 3 is 2.86 bits per heavy atom. The molecule has 1 fully saturated rings. The molecule has 2 atom stereocenters. The number of nitrogens with one attached hydrogen (secondary N) is 2. The van der Waals surface area contributed by atoms with Gasteiger partial charge in [-0.2, -0.15) is 16.9 Å². The SMILES string of the molecule is CS[C@H](C)CNC(=O)N1CCCCC[C@H]1c1c(C)n[nH]c1C. The van der Waals surface area contributed by atoms with E-state index in [-0.39, 0.29) is 12.1 Å². The third-order valence-corrected chi connectivity index (χ3v) is 5.45. The molecular formula is C16H28N4OS. The Balaban J connectivity index is 2.16. The molecule has 1 aliphatic rings. The smallest absolute Gasteiger partial charge is 0.317 e. The molecule has 0 radical (unpaired) electrons. The Labute approximate surface area is 137 Å². The number of aromatic amines is 1. The molecule has 5 nitrogen and oxygen atoms in total. The van der Waals surface area contributed by atoms with Crippen molar-refractivity contribution >= 4 is 17.8 Å². The second kappa shape index (κ2) is 7.90. The summed E-state index contributed by atoms with van der Waals surface area (Å²) < 4.78 is 0. The number of amides is 2. The van der Waals surface area contributed by atoms with Crippen molar-refractivity contribution in [1.29, 1.82) is 0 Å². The summed E-state index contributed by atoms with van der Waals surface area (Å²) in [7, 11) is 0. The van der Waals surface area contributed by atoms with Gasteiger partial charge in [0.05, 0.1) is 11.7 Å². The van der Waals surface area contributed by atoms with E-state index in [0.29, 0.717) is 11.8 Å². The summed E-state index contributed by atoms with van der Waals surface area (Å²) in [6.45, 7) is 7.75. The minimum Gasteiger partial charge on any atom is -0.337 e. The van der Waals surface area contributed by atoms with E-state index >= 15 is 0 Å². The number of H-pyrrole nitrogens is 1. The first-order valence-electron chi connectivity index (χ1n) is 8.13. The van der Waals surface area contributed by atoms with E-state index in [1.165, 1.54) is 18.4 Å². The fourth-order valence-electron chi connectivity index (χ4n) is 3.12. The van der Waals surface area contributed by atoms with Gasteiger partial charge in [-0.05, 0) is 32.9 Å². The minimum absolute atomic E-state index is 0.0628. The highest BCUT2D eigenvalue weighted by Gasteiger charge is 2.30. The topological polar surface area (TPSA) is 61.0 Å². The van der Waals surface area contributed by atoms with Crippen LogP contribution in [0.2, 0.25) is 0 Å². The zero-order chi connectivity index (χ0) is 16.1. The lowest BCUT2D eigenvalue weighted by Crippen LogP contribution is -2.44. The molecule has 6 heteroatoms. The predicted octanol–water partition coefficient (Wildman–Crippen LogP) is 3.40. The van der Waals surface area contributed by atoms with Gasteiger partial charge in [0.25, 0.3) is 0 Å². The van der Waals surface area contributed by atoms with E-state index in [4.69, 9.17) is 0 Å². The fraction of sp³-hybridized carbons (Fsp3) is 0.750. The molecular weight excluding hydrogens is 296 g/mol. The van der Waals surface area contributed by atoms with Crippen molar-refractivity contribution in [3.8, 4) is 0 Å². The number of carbonyl (C=O) groups excluding carboxylic acids is 1. The van der Waals surface area contributed by atoms with Crippen molar-refractivity contribution in [3.63, 3.8) is 0 Å². The molecule has 2 rings (SSSR count). The van der Waals surface area contributed by atoms with Gasteiger partial charge in [0.1, 0.15) is 0 Å². The normalized spacial score (nSPS) is 20.5. The van der Waals surface area contributed by atoms with Gasteiger partial charge in [-0.1, -0.05) is 19.8 Å². The van der Waals surface area contributed by atoms with Crippen LogP contribution in [0.3, 0.4) is 0 Å². The minimum atomic E-state index is 0.0628. The van der Waals surface area contributed by atoms with Crippen LogP contribution in [0.25, 0.3) is 0 Å². The van der Waals surface area contributed by atoms with E-state index in [1.807, 2.05) is 18.7 Å². The predicted molar refractivity (Wildman–Crippen MR) is 92.4 cm³/mol. The Morgan fingerprint density at radius 2 is 2.23 bits per heavy atom. The van der Waals surface area contributed by atoms with Crippen LogP contribution in [0.1, 0.15) is 55.6 Å². The number of hydrogen-bond acceptors (Lipinski definition) is 3. The molecule has 124 valence electrons. The summed E-state index contributed by atoms with van der Waals surface area (Å²) in [5.74, 6) is 0. The van der Waals surface area contributed by atoms with Crippen LogP contribution in [0.4, 0.5) is 4.79 Å². The van der Waals surface area contributed by atoms with Crippen LogP contribution in [-0.4, -0.2) is 45.7 Å². The molecule has 2 amide bonds. The average Bonchev–Trinajstić information content (AvgIpc) is 2.71. The van der Waals surface area contributed by atoms with Crippen LogP contribution < -0.4 is 5.32 Å². The van der Waals surface area contributed by atoms with Gasteiger partial charge in [0.15, 0.2) is 0 Å². The molecule has 1 saturated heterocycles. The summed E-state index contributed by atoms with van der Waals surface area (Å²) in [5, 5.41) is 10.9. The van der Waals surface area contributed by atoms with Gasteiger partial charge in [-0.3, -0.25) is 5.10 Å². The Hall–Kier alpha value is -1.17. The number of thioether (sulfide) groups is 1. The molecule has 1 aromatic rings. The number of rotatable bonds is 4. The first-order valence-corrected chi connectivity index (χ1v) is 9.42. The number of aromatic nitrogens is 2. The average molecular weight is 324 g/mol. The lowest BCUT2D eigenvalue weighted by atomic mass is 9.99. The third kappa shape index (κ3) is 3.97. The highest BCUT2D eigenvalue weighted by molar-refractivity contribution is 7.99. The molecule has 0 saturated carbocycles. The molecule has 0 aliphatic carbocycles. The second-order valence-corrected chi connectivity index (χ2v) is 7.41. The Morgan fingerprint density at radius 1 is 1.45 bits per heavy atom. The molecule has 22 heavy (non-hydrogen) atoms. The number of urea groups is 1. The zero-order valence-corrected chi connectivity index (χ0v) is 14.9. The molecule has 0 aromatic carbocycles. The van der Waals surface area contributed by atoms with Crippen molar-refractivity contribution in [2.24, 2.45) is 0 Å². The van der Waals surface area contributed by atoms with E-state index < -0.39 is 0 Å². The molecule has 1 aliphatic heterocycles. The quantitative estimate of drug-likeness (QED) is 0.892. The van der Waals surface area contributed by atoms with Crippen LogP contribution in [0.15, 0.2) is 0 Å². The highest BCUT2D eigenvalue weighted by atomic mass is 32.2. The maximum absolute atomic E-state index is 12.7. The van der Waals surface area contributed by atoms with Crippen LogP contribution >= 0.6 is 11.8 Å². The van der Waals surface area contributed by atoms with Crippen LogP contribution in [0, 0.1) is 13.8 Å². The molecule has 2 heterocycles. The van der Waals surface area contributed by atoms with Gasteiger partial charge in [-0.25, -0.2) is 4.79 Å². The number of hydrogen-bond donors (Lipinski definition) is 2. The second-order valence-electron chi connectivity index (χ2n) is 6.14. The maximum atomic E-state index is 12.7. The number of likely N-dealkylation sites (tertiary alicyclic amines) is 1. The van der Waals surface area contributed by atoms with Gasteiger partial charge >= 0.3 is 6.03 Å². The van der Waals surface area contributed by atoms with Crippen molar-refractivity contribution in [2.45, 2.75) is 57.7 Å². The first-order chi connectivity index (χ1) is 10.5. The van der Waals surface area contributed by atoms with E-state index in [1.54, 1.807) is 11.8 Å². The highest BCUT2D eigenvalue weighted by Crippen LogP contribution is 2.33. The molecule has 2 N–H and O–H groups in total. The maximum Gasteiger partial charge on any atom is 0.317 e. The van der Waals surface area contributed by atoms with Crippen molar-refractivity contribution in [2.75, 3.05) is 19.3 Å². The molecule has 1 aromatic heterocycles. The first kappa shape index (κ1) is 17.2. The number of nitrogens with zero attached hydrogens (tertiary/aromatic N) is 2. The standard InChI is InChI=1S/C16H28N4OS/c1-11(22-4)10-17-16(21)20-9-7-5-6-8-14(20)15-12(2)18-19-13(15)3/h11,14H,5-10H2,1-4H3,(H,17,21)(H,18,19)/t11-,14+/m1/s1. The molecule has 0 spiro atoms. The summed E-state index contributed by atoms with van der Waals surface area (Å²) in [6.07, 6.45) is 6.53. The largest absolute Gasteiger partial charge is 0.337 e.